The summed E-state index contributed by atoms with van der Waals surface area (Å²) >= 11 is 0. The predicted molar refractivity (Wildman–Crippen MR) is 51.4 cm³/mol. The summed E-state index contributed by atoms with van der Waals surface area (Å²) in [6.45, 7) is 12.9. The van der Waals surface area contributed by atoms with E-state index in [1.54, 1.807) is 6.08 Å². The lowest BCUT2D eigenvalue weighted by Crippen LogP contribution is -2.12. The molecule has 1 heteroatoms. The fraction of sp³-hybridized carbons (Fsp3) is 0.600. The molecule has 1 N–H and O–H groups in total. The quantitative estimate of drug-likeness (QED) is 0.457. The summed E-state index contributed by atoms with van der Waals surface area (Å²) in [6.07, 6.45) is 4.23. The molecule has 1 nitrogen and oxygen atoms in total. The van der Waals surface area contributed by atoms with Gasteiger partial charge in [0, 0.05) is 12.2 Å². The van der Waals surface area contributed by atoms with E-state index in [9.17, 15) is 0 Å². The molecule has 0 heterocycles. The van der Waals surface area contributed by atoms with Crippen LogP contribution in [0.4, 0.5) is 0 Å². The fourth-order valence-electron chi connectivity index (χ4n) is 0.831. The maximum Gasteiger partial charge on any atom is 0.0261 e. The minimum atomic E-state index is 0.800. The van der Waals surface area contributed by atoms with Gasteiger partial charge in [-0.15, -0.1) is 0 Å². The maximum atomic E-state index is 3.76. The van der Waals surface area contributed by atoms with Crippen molar-refractivity contribution in [2.75, 3.05) is 6.54 Å². The van der Waals surface area contributed by atoms with Crippen LogP contribution in [0.15, 0.2) is 24.9 Å². The molecule has 0 radical (unpaired) electrons. The van der Waals surface area contributed by atoms with Gasteiger partial charge in [-0.3, -0.25) is 0 Å². The van der Waals surface area contributed by atoms with Crippen molar-refractivity contribution < 1.29 is 0 Å². The Morgan fingerprint density at radius 1 is 1.55 bits per heavy atom. The Labute approximate surface area is 70.2 Å². The van der Waals surface area contributed by atoms with Crippen molar-refractivity contribution in [1.82, 2.24) is 5.32 Å². The third-order valence-electron chi connectivity index (χ3n) is 1.56. The van der Waals surface area contributed by atoms with E-state index in [0.717, 1.165) is 18.2 Å². The Hall–Kier alpha value is -0.720. The smallest absolute Gasteiger partial charge is 0.0261 e. The van der Waals surface area contributed by atoms with Crippen molar-refractivity contribution in [3.63, 3.8) is 0 Å². The molecule has 0 unspecified atom stereocenters. The first-order valence-electron chi connectivity index (χ1n) is 4.22. The van der Waals surface area contributed by atoms with Gasteiger partial charge < -0.3 is 5.32 Å². The van der Waals surface area contributed by atoms with E-state index >= 15 is 0 Å². The second-order valence-electron chi connectivity index (χ2n) is 3.19. The molecule has 0 aliphatic heterocycles. The highest BCUT2D eigenvalue weighted by Gasteiger charge is 1.92. The lowest BCUT2D eigenvalue weighted by atomic mass is 10.1. The van der Waals surface area contributed by atoms with Gasteiger partial charge in [0.1, 0.15) is 0 Å². The van der Waals surface area contributed by atoms with Crippen molar-refractivity contribution in [1.29, 1.82) is 0 Å². The summed E-state index contributed by atoms with van der Waals surface area (Å²) in [5.41, 5.74) is 0.925. The van der Waals surface area contributed by atoms with E-state index in [4.69, 9.17) is 0 Å². The number of nitrogens with one attached hydrogen (secondary N) is 1. The van der Waals surface area contributed by atoms with Crippen LogP contribution in [0.5, 0.6) is 0 Å². The molecule has 0 saturated heterocycles. The molecule has 0 aromatic carbocycles. The molecule has 0 saturated carbocycles. The van der Waals surface area contributed by atoms with Gasteiger partial charge in [-0.25, -0.2) is 0 Å². The minimum Gasteiger partial charge on any atom is -0.386 e. The van der Waals surface area contributed by atoms with E-state index < -0.39 is 0 Å². The van der Waals surface area contributed by atoms with Crippen molar-refractivity contribution >= 4 is 0 Å². The van der Waals surface area contributed by atoms with E-state index in [1.165, 1.54) is 12.8 Å². The number of allylic oxidation sites excluding steroid dienone is 1. The van der Waals surface area contributed by atoms with Crippen LogP contribution in [0.25, 0.3) is 0 Å². The van der Waals surface area contributed by atoms with Gasteiger partial charge in [0.25, 0.3) is 0 Å². The molecule has 0 spiro atoms. The molecule has 0 fully saturated rings. The standard InChI is InChI=1S/C10H19N/c1-5-10(4)11-8-6-7-9(2)3/h5,9,11H,1,4,6-8H2,2-3H3. The van der Waals surface area contributed by atoms with Crippen molar-refractivity contribution in [3.05, 3.63) is 24.9 Å². The summed E-state index contributed by atoms with van der Waals surface area (Å²) in [7, 11) is 0. The number of hydrogen-bond acceptors (Lipinski definition) is 1. The van der Waals surface area contributed by atoms with E-state index in [1.807, 2.05) is 0 Å². The van der Waals surface area contributed by atoms with Crippen LogP contribution in [-0.2, 0) is 0 Å². The van der Waals surface area contributed by atoms with Crippen LogP contribution < -0.4 is 5.32 Å². The van der Waals surface area contributed by atoms with Crippen LogP contribution in [0, 0.1) is 5.92 Å². The highest BCUT2D eigenvalue weighted by molar-refractivity contribution is 5.07. The first-order chi connectivity index (χ1) is 5.16. The minimum absolute atomic E-state index is 0.800. The summed E-state index contributed by atoms with van der Waals surface area (Å²) < 4.78 is 0. The lowest BCUT2D eigenvalue weighted by Gasteiger charge is -2.06. The second-order valence-corrected chi connectivity index (χ2v) is 3.19. The summed E-state index contributed by atoms with van der Waals surface area (Å²) in [6, 6.07) is 0. The highest BCUT2D eigenvalue weighted by Crippen LogP contribution is 2.02. The molecule has 0 atom stereocenters. The Bertz CT molecular complexity index is 125. The lowest BCUT2D eigenvalue weighted by molar-refractivity contribution is 0.545. The first kappa shape index (κ1) is 10.3. The van der Waals surface area contributed by atoms with Gasteiger partial charge in [0.2, 0.25) is 0 Å². The molecule has 0 rings (SSSR count). The normalized spacial score (nSPS) is 9.73. The van der Waals surface area contributed by atoms with Crippen LogP contribution >= 0.6 is 0 Å². The third-order valence-corrected chi connectivity index (χ3v) is 1.56. The molecular weight excluding hydrogens is 134 g/mol. The molecular formula is C10H19N. The predicted octanol–water partition coefficient (Wildman–Crippen LogP) is 2.71. The average Bonchev–Trinajstić information content (AvgIpc) is 1.97. The van der Waals surface area contributed by atoms with Crippen LogP contribution in [0.2, 0.25) is 0 Å². The SMILES string of the molecule is C=CC(=C)NCCCC(C)C. The molecule has 0 amide bonds. The first-order valence-corrected chi connectivity index (χ1v) is 4.22. The monoisotopic (exact) mass is 153 g/mol. The summed E-state index contributed by atoms with van der Waals surface area (Å²) in [4.78, 5) is 0. The number of hydrogen-bond donors (Lipinski definition) is 1. The zero-order valence-electron chi connectivity index (χ0n) is 7.69. The van der Waals surface area contributed by atoms with Gasteiger partial charge in [-0.1, -0.05) is 27.0 Å². The highest BCUT2D eigenvalue weighted by atomic mass is 14.9. The molecule has 64 valence electrons. The Morgan fingerprint density at radius 3 is 2.64 bits per heavy atom. The largest absolute Gasteiger partial charge is 0.386 e. The zero-order chi connectivity index (χ0) is 8.69. The van der Waals surface area contributed by atoms with Gasteiger partial charge in [0.15, 0.2) is 0 Å². The molecule has 0 aliphatic carbocycles. The van der Waals surface area contributed by atoms with Crippen molar-refractivity contribution in [3.8, 4) is 0 Å². The molecule has 0 bridgehead atoms. The van der Waals surface area contributed by atoms with Gasteiger partial charge in [0.05, 0.1) is 0 Å². The average molecular weight is 153 g/mol. The fourth-order valence-corrected chi connectivity index (χ4v) is 0.831. The van der Waals surface area contributed by atoms with E-state index in [-0.39, 0.29) is 0 Å². The molecule has 0 aromatic rings. The third kappa shape index (κ3) is 7.17. The van der Waals surface area contributed by atoms with E-state index in [2.05, 4.69) is 32.3 Å². The van der Waals surface area contributed by atoms with Crippen LogP contribution in [0.1, 0.15) is 26.7 Å². The Morgan fingerprint density at radius 2 is 2.18 bits per heavy atom. The van der Waals surface area contributed by atoms with E-state index in [0.29, 0.717) is 0 Å². The van der Waals surface area contributed by atoms with Gasteiger partial charge in [-0.2, -0.15) is 0 Å². The van der Waals surface area contributed by atoms with Crippen molar-refractivity contribution in [2.24, 2.45) is 5.92 Å². The molecule has 11 heavy (non-hydrogen) atoms. The Kier molecular flexibility index (Phi) is 5.63. The number of rotatable bonds is 6. The zero-order valence-corrected chi connectivity index (χ0v) is 7.69. The second kappa shape index (κ2) is 6.02. The maximum absolute atomic E-state index is 3.76. The summed E-state index contributed by atoms with van der Waals surface area (Å²) in [5, 5.41) is 3.18. The van der Waals surface area contributed by atoms with Crippen LogP contribution in [0.3, 0.4) is 0 Å². The van der Waals surface area contributed by atoms with Gasteiger partial charge >= 0.3 is 0 Å². The van der Waals surface area contributed by atoms with Crippen LogP contribution in [-0.4, -0.2) is 6.54 Å². The topological polar surface area (TPSA) is 12.0 Å². The van der Waals surface area contributed by atoms with Gasteiger partial charge in [-0.05, 0) is 24.8 Å². The molecule has 0 aromatic heterocycles. The Balaban J connectivity index is 3.14. The molecule has 0 aliphatic rings. The van der Waals surface area contributed by atoms with Crippen molar-refractivity contribution in [2.45, 2.75) is 26.7 Å². The summed E-state index contributed by atoms with van der Waals surface area (Å²) in [5.74, 6) is 0.800.